The van der Waals surface area contributed by atoms with Crippen molar-refractivity contribution < 1.29 is 24.3 Å². The van der Waals surface area contributed by atoms with Gasteiger partial charge in [-0.3, -0.25) is 14.8 Å². The van der Waals surface area contributed by atoms with Gasteiger partial charge in [0.25, 0.3) is 0 Å². The van der Waals surface area contributed by atoms with Crippen molar-refractivity contribution in [1.82, 2.24) is 10.6 Å². The topological polar surface area (TPSA) is 169 Å². The predicted molar refractivity (Wildman–Crippen MR) is 74.6 cm³/mol. The second-order valence-electron chi connectivity index (χ2n) is 4.17. The van der Waals surface area contributed by atoms with Crippen LogP contribution in [0.2, 0.25) is 0 Å². The van der Waals surface area contributed by atoms with Crippen LogP contribution in [0.5, 0.6) is 0 Å². The summed E-state index contributed by atoms with van der Waals surface area (Å²) in [4.78, 5) is 29.0. The van der Waals surface area contributed by atoms with Gasteiger partial charge < -0.3 is 31.3 Å². The highest BCUT2D eigenvalue weighted by Gasteiger charge is 2.27. The second-order valence-corrected chi connectivity index (χ2v) is 6.02. The van der Waals surface area contributed by atoms with Gasteiger partial charge in [0.1, 0.15) is 6.04 Å². The van der Waals surface area contributed by atoms with E-state index in [4.69, 9.17) is 26.0 Å². The molecule has 0 saturated carbocycles. The maximum Gasteiger partial charge on any atom is 0.333 e. The highest BCUT2D eigenvalue weighted by molar-refractivity contribution is 7.52. The van der Waals surface area contributed by atoms with Crippen LogP contribution in [0, 0.1) is 5.41 Å². The van der Waals surface area contributed by atoms with Crippen LogP contribution in [0.25, 0.3) is 0 Å². The molecule has 0 radical (unpaired) electrons. The lowest BCUT2D eigenvalue weighted by molar-refractivity contribution is -0.139. The Kier molecular flexibility index (Phi) is 8.09. The number of guanidine groups is 1. The molecule has 0 fully saturated rings. The minimum absolute atomic E-state index is 0.176. The monoisotopic (exact) mass is 308 g/mol. The van der Waals surface area contributed by atoms with Crippen LogP contribution in [0.4, 0.5) is 0 Å². The minimum Gasteiger partial charge on any atom is -0.480 e. The van der Waals surface area contributed by atoms with E-state index >= 15 is 0 Å². The normalized spacial score (nSPS) is 14.3. The molecule has 2 atom stereocenters. The molecule has 0 aliphatic heterocycles. The second kappa shape index (κ2) is 8.70. The van der Waals surface area contributed by atoms with Gasteiger partial charge in [0.2, 0.25) is 0 Å². The van der Waals surface area contributed by atoms with Crippen LogP contribution in [-0.2, 0) is 9.36 Å². The van der Waals surface area contributed by atoms with Gasteiger partial charge in [-0.2, -0.15) is 0 Å². The molecule has 0 amide bonds. The van der Waals surface area contributed by atoms with Crippen molar-refractivity contribution in [1.29, 1.82) is 5.41 Å². The Balaban J connectivity index is 4.27. The van der Waals surface area contributed by atoms with Crippen molar-refractivity contribution in [3.05, 3.63) is 12.7 Å². The fourth-order valence-corrected chi connectivity index (χ4v) is 2.06. The van der Waals surface area contributed by atoms with E-state index in [0.29, 0.717) is 13.0 Å². The average molecular weight is 308 g/mol. The molecule has 0 aliphatic rings. The van der Waals surface area contributed by atoms with Crippen molar-refractivity contribution in [2.75, 3.05) is 13.1 Å². The molecule has 0 bridgehead atoms. The molecule has 0 aromatic heterocycles. The Morgan fingerprint density at radius 3 is 2.50 bits per heavy atom. The molecule has 0 saturated heterocycles. The largest absolute Gasteiger partial charge is 0.480 e. The third kappa shape index (κ3) is 7.90. The summed E-state index contributed by atoms with van der Waals surface area (Å²) in [6.45, 7) is 3.49. The fraction of sp³-hybridized carbons (Fsp3) is 0.600. The lowest BCUT2D eigenvalue weighted by atomic mass is 10.1. The highest BCUT2D eigenvalue weighted by atomic mass is 31.2. The van der Waals surface area contributed by atoms with Crippen molar-refractivity contribution in [3.63, 3.8) is 0 Å². The Morgan fingerprint density at radius 1 is 1.50 bits per heavy atom. The quantitative estimate of drug-likeness (QED) is 0.0888. The molecule has 0 spiro atoms. The van der Waals surface area contributed by atoms with Crippen LogP contribution < -0.4 is 16.4 Å². The maximum absolute atomic E-state index is 11.1. The highest BCUT2D eigenvalue weighted by Crippen LogP contribution is 2.41. The third-order valence-corrected chi connectivity index (χ3v) is 3.82. The van der Waals surface area contributed by atoms with Gasteiger partial charge in [0, 0.05) is 13.1 Å². The number of carboxylic acid groups (broad SMARTS) is 1. The first-order chi connectivity index (χ1) is 9.18. The molecule has 0 rings (SSSR count). The zero-order valence-corrected chi connectivity index (χ0v) is 11.8. The number of nitrogens with one attached hydrogen (secondary N) is 3. The molecule has 8 N–H and O–H groups in total. The van der Waals surface area contributed by atoms with E-state index in [0.717, 1.165) is 6.08 Å². The first-order valence-corrected chi connectivity index (χ1v) is 7.58. The van der Waals surface area contributed by atoms with Crippen LogP contribution in [-0.4, -0.2) is 51.6 Å². The number of aliphatic carboxylic acids is 1. The summed E-state index contributed by atoms with van der Waals surface area (Å²) in [5.41, 5.74) is 3.95. The van der Waals surface area contributed by atoms with Crippen molar-refractivity contribution in [3.8, 4) is 0 Å². The Hall–Kier alpha value is -1.41. The summed E-state index contributed by atoms with van der Waals surface area (Å²) >= 11 is 0. The first-order valence-electron chi connectivity index (χ1n) is 5.90. The smallest absolute Gasteiger partial charge is 0.333 e. The molecule has 0 aromatic rings. The van der Waals surface area contributed by atoms with Crippen molar-refractivity contribution in [2.24, 2.45) is 5.73 Å². The van der Waals surface area contributed by atoms with Crippen LogP contribution >= 0.6 is 7.60 Å². The number of carboxylic acids is 1. The van der Waals surface area contributed by atoms with E-state index < -0.39 is 25.3 Å². The minimum atomic E-state index is -4.34. The maximum atomic E-state index is 11.1. The average Bonchev–Trinajstić information content (AvgIpc) is 2.29. The zero-order valence-electron chi connectivity index (χ0n) is 11.0. The summed E-state index contributed by atoms with van der Waals surface area (Å²) in [7, 11) is -4.34. The Bertz CT molecular complexity index is 397. The summed E-state index contributed by atoms with van der Waals surface area (Å²) in [5.74, 6) is -1.31. The molecular weight excluding hydrogens is 287 g/mol. The van der Waals surface area contributed by atoms with E-state index in [2.05, 4.69) is 17.2 Å². The summed E-state index contributed by atoms with van der Waals surface area (Å²) in [6, 6.07) is -0.933. The molecule has 20 heavy (non-hydrogen) atoms. The lowest BCUT2D eigenvalue weighted by Crippen LogP contribution is -2.41. The van der Waals surface area contributed by atoms with E-state index in [1.54, 1.807) is 0 Å². The van der Waals surface area contributed by atoms with Gasteiger partial charge in [-0.1, -0.05) is 6.08 Å². The summed E-state index contributed by atoms with van der Waals surface area (Å²) in [5, 5.41) is 21.1. The lowest BCUT2D eigenvalue weighted by Gasteiger charge is -2.19. The third-order valence-electron chi connectivity index (χ3n) is 2.56. The van der Waals surface area contributed by atoms with Crippen molar-refractivity contribution >= 4 is 19.5 Å². The number of rotatable bonds is 10. The number of hydrogen-bond donors (Lipinski definition) is 7. The SMILES string of the molecule is C=CC(CNC(CCCNC(=N)N)C(=O)O)P(=O)(O)O. The zero-order chi connectivity index (χ0) is 15.8. The van der Waals surface area contributed by atoms with E-state index in [1.807, 2.05) is 0 Å². The number of nitrogens with two attached hydrogens (primary N) is 1. The Labute approximate surface area is 116 Å². The van der Waals surface area contributed by atoms with E-state index in [-0.39, 0.29) is 18.9 Å². The van der Waals surface area contributed by atoms with Crippen LogP contribution in [0.1, 0.15) is 12.8 Å². The molecule has 10 heteroatoms. The van der Waals surface area contributed by atoms with Gasteiger partial charge in [-0.05, 0) is 12.8 Å². The van der Waals surface area contributed by atoms with Gasteiger partial charge in [0.15, 0.2) is 5.96 Å². The van der Waals surface area contributed by atoms with Crippen molar-refractivity contribution in [2.45, 2.75) is 24.5 Å². The van der Waals surface area contributed by atoms with E-state index in [9.17, 15) is 9.36 Å². The first kappa shape index (κ1) is 18.6. The van der Waals surface area contributed by atoms with E-state index in [1.165, 1.54) is 0 Å². The van der Waals surface area contributed by atoms with Gasteiger partial charge >= 0.3 is 13.6 Å². The molecule has 0 aromatic carbocycles. The van der Waals surface area contributed by atoms with Gasteiger partial charge in [-0.25, -0.2) is 0 Å². The number of hydrogen-bond acceptors (Lipinski definition) is 4. The number of carbonyl (C=O) groups is 1. The van der Waals surface area contributed by atoms with Crippen LogP contribution in [0.15, 0.2) is 12.7 Å². The standard InChI is InChI=1S/C10H21N4O5P/c1-2-7(20(17,18)19)6-14-8(9(15)16)4-3-5-13-10(11)12/h2,7-8,14H,1,3-6H2,(H,15,16)(H4,11,12,13)(H2,17,18,19). The predicted octanol–water partition coefficient (Wildman–Crippen LogP) is -0.975. The molecule has 0 heterocycles. The summed E-state index contributed by atoms with van der Waals surface area (Å²) < 4.78 is 11.1. The van der Waals surface area contributed by atoms with Gasteiger partial charge in [0.05, 0.1) is 5.66 Å². The molecule has 0 aliphatic carbocycles. The molecular formula is C10H21N4O5P. The Morgan fingerprint density at radius 2 is 2.10 bits per heavy atom. The molecule has 2 unspecified atom stereocenters. The molecule has 9 nitrogen and oxygen atoms in total. The van der Waals surface area contributed by atoms with Gasteiger partial charge in [-0.15, -0.1) is 6.58 Å². The van der Waals surface area contributed by atoms with Crippen LogP contribution in [0.3, 0.4) is 0 Å². The molecule has 116 valence electrons. The summed E-state index contributed by atoms with van der Waals surface area (Å²) in [6.07, 6.45) is 1.78. The fourth-order valence-electron chi connectivity index (χ4n) is 1.44.